The van der Waals surface area contributed by atoms with Crippen molar-refractivity contribution in [3.05, 3.63) is 135 Å². The summed E-state index contributed by atoms with van der Waals surface area (Å²) in [7, 11) is 0. The zero-order chi connectivity index (χ0) is 29.1. The molecular weight excluding hydrogens is 569 g/mol. The van der Waals surface area contributed by atoms with Crippen LogP contribution in [0.3, 0.4) is 0 Å². The largest absolute Gasteiger partial charge is 0.438 e. The van der Waals surface area contributed by atoms with Gasteiger partial charge in [-0.05, 0) is 29.8 Å². The lowest BCUT2D eigenvalue weighted by molar-refractivity contribution is -0.384. The number of nitro benzene ring substituents is 1. The molecule has 0 N–H and O–H groups in total. The van der Waals surface area contributed by atoms with Crippen LogP contribution in [0.25, 0.3) is 20.2 Å². The Kier molecular flexibility index (Phi) is 7.71. The van der Waals surface area contributed by atoms with E-state index in [9.17, 15) is 14.9 Å². The molecule has 0 aliphatic heterocycles. The molecule has 7 nitrogen and oxygen atoms in total. The number of non-ortho nitro benzene ring substituents is 1. The number of fused-ring (bicyclic) bond motifs is 2. The minimum Gasteiger partial charge on any atom is -0.438 e. The van der Waals surface area contributed by atoms with E-state index >= 15 is 0 Å². The lowest BCUT2D eigenvalue weighted by Crippen LogP contribution is -2.56. The van der Waals surface area contributed by atoms with Gasteiger partial charge in [0.2, 0.25) is 0 Å². The van der Waals surface area contributed by atoms with Crippen LogP contribution in [0.1, 0.15) is 22.8 Å². The summed E-state index contributed by atoms with van der Waals surface area (Å²) in [5, 5.41) is 17.2. The number of Topliss-reactive ketones (excluding diaryl/α,β-unsaturated/α-hetero) is 1. The van der Waals surface area contributed by atoms with E-state index in [0.717, 1.165) is 25.7 Å². The third-order valence-corrected chi connectivity index (χ3v) is 8.88. The Balaban J connectivity index is 1.44. The number of ketones is 1. The predicted molar refractivity (Wildman–Crippen MR) is 168 cm³/mol. The number of hydrogen-bond acceptors (Lipinski definition) is 8. The van der Waals surface area contributed by atoms with Crippen LogP contribution < -0.4 is 9.47 Å². The summed E-state index contributed by atoms with van der Waals surface area (Å²) in [4.78, 5) is 26.5. The van der Waals surface area contributed by atoms with E-state index in [4.69, 9.17) is 9.47 Å². The summed E-state index contributed by atoms with van der Waals surface area (Å²) in [6.45, 7) is 2.02. The maximum absolute atomic E-state index is 13.7. The van der Waals surface area contributed by atoms with Crippen molar-refractivity contribution in [1.29, 1.82) is 0 Å². The van der Waals surface area contributed by atoms with Crippen molar-refractivity contribution in [3.8, 4) is 11.5 Å². The molecule has 42 heavy (non-hydrogen) atoms. The molecule has 0 atom stereocenters. The fourth-order valence-corrected chi connectivity index (χ4v) is 6.55. The number of nitrogens with zero attached hydrogens (tertiary/aromatic N) is 2. The molecule has 4 aromatic carbocycles. The molecule has 0 bridgehead atoms. The molecule has 0 saturated carbocycles. The zero-order valence-corrected chi connectivity index (χ0v) is 24.3. The fraction of sp³-hybridized carbons (Fsp3) is 0.121. The van der Waals surface area contributed by atoms with Gasteiger partial charge in [0.25, 0.3) is 5.69 Å². The molecule has 0 unspecified atom stereocenters. The van der Waals surface area contributed by atoms with E-state index in [-0.39, 0.29) is 23.6 Å². The predicted octanol–water partition coefficient (Wildman–Crippen LogP) is 8.54. The Labute approximate surface area is 250 Å². The van der Waals surface area contributed by atoms with Gasteiger partial charge in [-0.1, -0.05) is 66.7 Å². The summed E-state index contributed by atoms with van der Waals surface area (Å²) in [6, 6.07) is 31.5. The number of rotatable bonds is 11. The molecule has 0 fully saturated rings. The second-order valence-corrected chi connectivity index (χ2v) is 11.7. The van der Waals surface area contributed by atoms with Crippen LogP contribution in [-0.4, -0.2) is 28.1 Å². The molecule has 9 heteroatoms. The molecule has 0 amide bonds. The second kappa shape index (κ2) is 11.7. The smallest absolute Gasteiger partial charge is 0.313 e. The maximum atomic E-state index is 13.7. The summed E-state index contributed by atoms with van der Waals surface area (Å²) < 4.78 is 15.7. The van der Waals surface area contributed by atoms with Crippen LogP contribution in [0.2, 0.25) is 0 Å². The highest BCUT2D eigenvalue weighted by atomic mass is 32.1. The molecule has 2 aromatic heterocycles. The lowest BCUT2D eigenvalue weighted by Gasteiger charge is -2.40. The first kappa shape index (κ1) is 27.6. The van der Waals surface area contributed by atoms with Crippen molar-refractivity contribution < 1.29 is 19.2 Å². The Morgan fingerprint density at radius 3 is 1.98 bits per heavy atom. The van der Waals surface area contributed by atoms with Crippen molar-refractivity contribution in [3.63, 3.8) is 0 Å². The number of hydrogen-bond donors (Lipinski definition) is 0. The number of carbonyl (C=O) groups is 1. The molecule has 0 saturated heterocycles. The standard InChI is InChI=1S/C33H26N2O5S2/c1-33(39-29-21-41-31-16-7-5-14-26(29)31,40-30-22-42-32-17-8-6-15-27(30)32)34(19-23-10-3-2-4-11-23)20-28(36)24-12-9-13-25(18-24)35(37)38/h2-18,21-22H,19-20H2,1H3. The van der Waals surface area contributed by atoms with Crippen molar-refractivity contribution >= 4 is 54.3 Å². The van der Waals surface area contributed by atoms with Gasteiger partial charge >= 0.3 is 5.91 Å². The van der Waals surface area contributed by atoms with Crippen molar-refractivity contribution in [1.82, 2.24) is 4.90 Å². The van der Waals surface area contributed by atoms with E-state index < -0.39 is 10.8 Å². The highest BCUT2D eigenvalue weighted by molar-refractivity contribution is 7.17. The summed E-state index contributed by atoms with van der Waals surface area (Å²) in [6.07, 6.45) is 0. The van der Waals surface area contributed by atoms with Gasteiger partial charge in [-0.25, -0.2) is 4.90 Å². The first-order valence-corrected chi connectivity index (χ1v) is 15.0. The monoisotopic (exact) mass is 594 g/mol. The number of nitro groups is 1. The Hall–Kier alpha value is -4.57. The summed E-state index contributed by atoms with van der Waals surface area (Å²) in [5.74, 6) is -0.463. The number of benzene rings is 4. The van der Waals surface area contributed by atoms with Crippen molar-refractivity contribution in [2.45, 2.75) is 19.4 Å². The first-order valence-electron chi connectivity index (χ1n) is 13.3. The van der Waals surface area contributed by atoms with Crippen LogP contribution in [0.5, 0.6) is 11.5 Å². The summed E-state index contributed by atoms with van der Waals surface area (Å²) in [5.41, 5.74) is 1.06. The minimum absolute atomic E-state index is 0.114. The molecular formula is C33H26N2O5S2. The van der Waals surface area contributed by atoms with Gasteiger partial charge in [0.15, 0.2) is 5.78 Å². The third kappa shape index (κ3) is 5.75. The molecule has 0 aliphatic rings. The number of thiophene rings is 2. The average Bonchev–Trinajstić information content (AvgIpc) is 3.61. The van der Waals surface area contributed by atoms with Crippen molar-refractivity contribution in [2.24, 2.45) is 0 Å². The Bertz CT molecular complexity index is 1810. The van der Waals surface area contributed by atoms with Crippen LogP contribution in [0.4, 0.5) is 5.69 Å². The van der Waals surface area contributed by atoms with Crippen LogP contribution in [0, 0.1) is 10.1 Å². The highest BCUT2D eigenvalue weighted by Crippen LogP contribution is 2.39. The van der Waals surface area contributed by atoms with E-state index in [1.165, 1.54) is 18.2 Å². The molecule has 210 valence electrons. The topological polar surface area (TPSA) is 81.9 Å². The Morgan fingerprint density at radius 2 is 1.38 bits per heavy atom. The van der Waals surface area contributed by atoms with E-state index in [2.05, 4.69) is 0 Å². The van der Waals surface area contributed by atoms with Gasteiger partial charge in [0, 0.05) is 62.1 Å². The van der Waals surface area contributed by atoms with Gasteiger partial charge < -0.3 is 9.47 Å². The fourth-order valence-electron chi connectivity index (χ4n) is 4.83. The number of ether oxygens (including phenoxy) is 2. The van der Waals surface area contributed by atoms with Crippen LogP contribution >= 0.6 is 22.7 Å². The molecule has 0 spiro atoms. The molecule has 6 rings (SSSR count). The highest BCUT2D eigenvalue weighted by Gasteiger charge is 2.40. The maximum Gasteiger partial charge on any atom is 0.313 e. The molecule has 0 radical (unpaired) electrons. The zero-order valence-electron chi connectivity index (χ0n) is 22.6. The molecule has 0 aliphatic carbocycles. The van der Waals surface area contributed by atoms with E-state index in [1.54, 1.807) is 28.7 Å². The van der Waals surface area contributed by atoms with E-state index in [1.807, 2.05) is 101 Å². The third-order valence-electron chi connectivity index (χ3n) is 6.99. The molecule has 6 aromatic rings. The first-order chi connectivity index (χ1) is 20.4. The van der Waals surface area contributed by atoms with Crippen LogP contribution in [-0.2, 0) is 6.54 Å². The van der Waals surface area contributed by atoms with Gasteiger partial charge in [-0.15, -0.1) is 22.7 Å². The number of carbonyl (C=O) groups excluding carboxylic acids is 1. The lowest BCUT2D eigenvalue weighted by atomic mass is 10.1. The van der Waals surface area contributed by atoms with Crippen LogP contribution in [0.15, 0.2) is 114 Å². The van der Waals surface area contributed by atoms with Crippen molar-refractivity contribution in [2.75, 3.05) is 6.54 Å². The minimum atomic E-state index is -1.44. The quantitative estimate of drug-likeness (QED) is 0.0647. The van der Waals surface area contributed by atoms with E-state index in [0.29, 0.717) is 18.0 Å². The van der Waals surface area contributed by atoms with Gasteiger partial charge in [0.1, 0.15) is 11.5 Å². The average molecular weight is 595 g/mol. The molecule has 2 heterocycles. The summed E-state index contributed by atoms with van der Waals surface area (Å²) >= 11 is 3.14. The normalized spacial score (nSPS) is 11.7. The second-order valence-electron chi connectivity index (χ2n) is 9.87. The van der Waals surface area contributed by atoms with Gasteiger partial charge in [-0.3, -0.25) is 14.9 Å². The van der Waals surface area contributed by atoms with Gasteiger partial charge in [-0.2, -0.15) is 0 Å². The SMILES string of the molecule is CC(Oc1csc2ccccc12)(Oc1csc2ccccc12)N(CC(=O)c1cccc([N+](=O)[O-])c1)Cc1ccccc1. The van der Waals surface area contributed by atoms with Gasteiger partial charge in [0.05, 0.1) is 11.5 Å². The Morgan fingerprint density at radius 1 is 0.810 bits per heavy atom.